The summed E-state index contributed by atoms with van der Waals surface area (Å²) in [6, 6.07) is 22.1. The highest BCUT2D eigenvalue weighted by molar-refractivity contribution is 7.19. The number of hydrogen-bond acceptors (Lipinski definition) is 3. The minimum atomic E-state index is -0.0977. The number of nitrogens with one attached hydrogen (secondary N) is 1. The zero-order chi connectivity index (χ0) is 20.0. The lowest BCUT2D eigenvalue weighted by Gasteiger charge is -2.07. The van der Waals surface area contributed by atoms with Crippen molar-refractivity contribution in [1.82, 2.24) is 9.97 Å². The molecule has 2 aromatic heterocycles. The lowest BCUT2D eigenvalue weighted by atomic mass is 10.0. The number of thiophene rings is 1. The number of halogens is 1. The lowest BCUT2D eigenvalue weighted by molar-refractivity contribution is 0.983. The Kier molecular flexibility index (Phi) is 4.46. The third-order valence-corrected chi connectivity index (χ3v) is 6.41. The average molecular weight is 417 g/mol. The van der Waals surface area contributed by atoms with E-state index >= 15 is 0 Å². The van der Waals surface area contributed by atoms with Crippen molar-refractivity contribution in [2.45, 2.75) is 13.3 Å². The molecule has 0 saturated carbocycles. The summed E-state index contributed by atoms with van der Waals surface area (Å²) < 4.78 is 0. The van der Waals surface area contributed by atoms with Gasteiger partial charge in [0.1, 0.15) is 10.7 Å². The predicted molar refractivity (Wildman–Crippen MR) is 122 cm³/mol. The number of H-pyrrole nitrogens is 1. The molecule has 0 saturated heterocycles. The van der Waals surface area contributed by atoms with Crippen LogP contribution >= 0.6 is 22.9 Å². The van der Waals surface area contributed by atoms with Gasteiger partial charge in [0.2, 0.25) is 0 Å². The van der Waals surface area contributed by atoms with E-state index in [4.69, 9.17) is 16.6 Å². The molecule has 2 heterocycles. The maximum atomic E-state index is 13.0. The van der Waals surface area contributed by atoms with E-state index in [1.165, 1.54) is 10.8 Å². The van der Waals surface area contributed by atoms with Gasteiger partial charge in [-0.25, -0.2) is 4.98 Å². The molecular formula is C24H17ClN2OS. The van der Waals surface area contributed by atoms with E-state index in [2.05, 4.69) is 29.2 Å². The molecule has 3 aromatic carbocycles. The van der Waals surface area contributed by atoms with E-state index in [1.807, 2.05) is 49.4 Å². The van der Waals surface area contributed by atoms with Crippen molar-refractivity contribution in [1.29, 1.82) is 0 Å². The van der Waals surface area contributed by atoms with E-state index in [-0.39, 0.29) is 5.56 Å². The van der Waals surface area contributed by atoms with Crippen LogP contribution in [-0.4, -0.2) is 9.97 Å². The summed E-state index contributed by atoms with van der Waals surface area (Å²) in [5.41, 5.74) is 2.97. The van der Waals surface area contributed by atoms with Crippen molar-refractivity contribution >= 4 is 43.9 Å². The summed E-state index contributed by atoms with van der Waals surface area (Å²) in [6.45, 7) is 2.03. The van der Waals surface area contributed by atoms with Crippen molar-refractivity contribution in [2.75, 3.05) is 0 Å². The molecule has 0 spiro atoms. The van der Waals surface area contributed by atoms with Crippen LogP contribution in [0.5, 0.6) is 0 Å². The van der Waals surface area contributed by atoms with E-state index in [1.54, 1.807) is 11.3 Å². The predicted octanol–water partition coefficient (Wildman–Crippen LogP) is 6.36. The minimum Gasteiger partial charge on any atom is -0.310 e. The summed E-state index contributed by atoms with van der Waals surface area (Å²) in [5.74, 6) is 0.683. The highest BCUT2D eigenvalue weighted by atomic mass is 35.5. The maximum Gasteiger partial charge on any atom is 0.260 e. The van der Waals surface area contributed by atoms with Gasteiger partial charge in [0, 0.05) is 21.9 Å². The molecular weight excluding hydrogens is 400 g/mol. The van der Waals surface area contributed by atoms with Gasteiger partial charge in [0.05, 0.1) is 5.39 Å². The number of hydrogen-bond donors (Lipinski definition) is 1. The first-order chi connectivity index (χ1) is 14.1. The normalized spacial score (nSPS) is 11.4. The Morgan fingerprint density at radius 2 is 1.76 bits per heavy atom. The third-order valence-electron chi connectivity index (χ3n) is 5.16. The molecule has 5 rings (SSSR count). The van der Waals surface area contributed by atoms with Crippen molar-refractivity contribution < 1.29 is 0 Å². The van der Waals surface area contributed by atoms with Crippen LogP contribution in [0.4, 0.5) is 0 Å². The Morgan fingerprint density at radius 1 is 1.00 bits per heavy atom. The molecule has 1 N–H and O–H groups in total. The standard InChI is InChI=1S/C24H17ClN2OS/c1-14-21(16-9-11-18(25)12-10-16)22-23(28)26-20(27-24(22)29-14)13-17-7-4-6-15-5-2-3-8-19(15)17/h2-12H,13H2,1H3,(H,26,27,28). The molecule has 0 radical (unpaired) electrons. The highest BCUT2D eigenvalue weighted by Crippen LogP contribution is 2.36. The van der Waals surface area contributed by atoms with E-state index in [0.29, 0.717) is 22.7 Å². The topological polar surface area (TPSA) is 45.8 Å². The smallest absolute Gasteiger partial charge is 0.260 e. The minimum absolute atomic E-state index is 0.0977. The van der Waals surface area contributed by atoms with Gasteiger partial charge in [-0.2, -0.15) is 0 Å². The van der Waals surface area contributed by atoms with Gasteiger partial charge in [-0.1, -0.05) is 66.2 Å². The SMILES string of the molecule is Cc1sc2nc(Cc3cccc4ccccc34)[nH]c(=O)c2c1-c1ccc(Cl)cc1. The van der Waals surface area contributed by atoms with E-state index in [0.717, 1.165) is 26.4 Å². The number of fused-ring (bicyclic) bond motifs is 2. The Balaban J connectivity index is 1.62. The second-order valence-electron chi connectivity index (χ2n) is 7.05. The molecule has 3 nitrogen and oxygen atoms in total. The second kappa shape index (κ2) is 7.14. The number of rotatable bonds is 3. The Labute approximate surface area is 176 Å². The molecule has 0 aliphatic rings. The van der Waals surface area contributed by atoms with Gasteiger partial charge in [-0.05, 0) is 41.0 Å². The van der Waals surface area contributed by atoms with Gasteiger partial charge in [0.15, 0.2) is 0 Å². The molecule has 5 aromatic rings. The first-order valence-corrected chi connectivity index (χ1v) is 10.5. The van der Waals surface area contributed by atoms with Crippen LogP contribution in [0.2, 0.25) is 5.02 Å². The fourth-order valence-corrected chi connectivity index (χ4v) is 5.03. The summed E-state index contributed by atoms with van der Waals surface area (Å²) >= 11 is 7.58. The molecule has 0 bridgehead atoms. The first kappa shape index (κ1) is 18.1. The summed E-state index contributed by atoms with van der Waals surface area (Å²) in [5, 5.41) is 3.69. The molecule has 29 heavy (non-hydrogen) atoms. The van der Waals surface area contributed by atoms with Crippen LogP contribution in [0.3, 0.4) is 0 Å². The maximum absolute atomic E-state index is 13.0. The molecule has 0 aliphatic heterocycles. The summed E-state index contributed by atoms with van der Waals surface area (Å²) in [6.07, 6.45) is 0.583. The van der Waals surface area contributed by atoms with Crippen molar-refractivity contribution in [2.24, 2.45) is 0 Å². The quantitative estimate of drug-likeness (QED) is 0.372. The summed E-state index contributed by atoms with van der Waals surface area (Å²) in [7, 11) is 0. The number of benzene rings is 3. The summed E-state index contributed by atoms with van der Waals surface area (Å²) in [4.78, 5) is 22.7. The van der Waals surface area contributed by atoms with Gasteiger partial charge in [-0.15, -0.1) is 11.3 Å². The van der Waals surface area contributed by atoms with Crippen molar-refractivity contribution in [3.63, 3.8) is 0 Å². The Bertz CT molecular complexity index is 1410. The number of aromatic nitrogens is 2. The monoisotopic (exact) mass is 416 g/mol. The molecule has 142 valence electrons. The van der Waals surface area contributed by atoms with Crippen LogP contribution in [0.25, 0.3) is 32.1 Å². The number of nitrogens with zero attached hydrogens (tertiary/aromatic N) is 1. The molecule has 0 fully saturated rings. The zero-order valence-electron chi connectivity index (χ0n) is 15.7. The van der Waals surface area contributed by atoms with Crippen molar-refractivity contribution in [3.05, 3.63) is 98.4 Å². The molecule has 0 atom stereocenters. The zero-order valence-corrected chi connectivity index (χ0v) is 17.3. The van der Waals surface area contributed by atoms with Gasteiger partial charge in [0.25, 0.3) is 5.56 Å². The van der Waals surface area contributed by atoms with Gasteiger partial charge in [-0.3, -0.25) is 4.79 Å². The van der Waals surface area contributed by atoms with Gasteiger partial charge < -0.3 is 4.98 Å². The highest BCUT2D eigenvalue weighted by Gasteiger charge is 2.17. The first-order valence-electron chi connectivity index (χ1n) is 9.35. The van der Waals surface area contributed by atoms with E-state index < -0.39 is 0 Å². The van der Waals surface area contributed by atoms with Crippen molar-refractivity contribution in [3.8, 4) is 11.1 Å². The molecule has 0 unspecified atom stereocenters. The molecule has 0 amide bonds. The van der Waals surface area contributed by atoms with Crippen LogP contribution in [0.15, 0.2) is 71.5 Å². The number of aryl methyl sites for hydroxylation is 1. The van der Waals surface area contributed by atoms with Crippen LogP contribution in [-0.2, 0) is 6.42 Å². The third kappa shape index (κ3) is 3.24. The average Bonchev–Trinajstić information content (AvgIpc) is 3.05. The van der Waals surface area contributed by atoms with Crippen LogP contribution in [0, 0.1) is 6.92 Å². The molecule has 0 aliphatic carbocycles. The van der Waals surface area contributed by atoms with Crippen LogP contribution < -0.4 is 5.56 Å². The fourth-order valence-electron chi connectivity index (χ4n) is 3.84. The largest absolute Gasteiger partial charge is 0.310 e. The lowest BCUT2D eigenvalue weighted by Crippen LogP contribution is -2.12. The Morgan fingerprint density at radius 3 is 2.59 bits per heavy atom. The Hall–Kier alpha value is -2.95. The second-order valence-corrected chi connectivity index (χ2v) is 8.69. The number of aromatic amines is 1. The van der Waals surface area contributed by atoms with Gasteiger partial charge >= 0.3 is 0 Å². The van der Waals surface area contributed by atoms with E-state index in [9.17, 15) is 4.79 Å². The fraction of sp³-hybridized carbons (Fsp3) is 0.0833. The van der Waals surface area contributed by atoms with Crippen LogP contribution in [0.1, 0.15) is 16.3 Å². The molecule has 5 heteroatoms.